The van der Waals surface area contributed by atoms with Crippen LogP contribution in [0.15, 0.2) is 60.8 Å². The number of nitrogens with one attached hydrogen (secondary N) is 1. The van der Waals surface area contributed by atoms with Crippen LogP contribution in [-0.4, -0.2) is 47.4 Å². The lowest BCUT2D eigenvalue weighted by Crippen LogP contribution is -2.45. The molecule has 79 heavy (non-hydrogen) atoms. The van der Waals surface area contributed by atoms with Crippen molar-refractivity contribution in [1.82, 2.24) is 5.32 Å². The molecule has 0 saturated carbocycles. The summed E-state index contributed by atoms with van der Waals surface area (Å²) in [5, 5.41) is 23.2. The Balaban J connectivity index is 3.48. The number of ether oxygens (including phenoxy) is 1. The average Bonchev–Trinajstić information content (AvgIpc) is 3.45. The van der Waals surface area contributed by atoms with Gasteiger partial charge in [0.1, 0.15) is 0 Å². The van der Waals surface area contributed by atoms with Gasteiger partial charge < -0.3 is 20.3 Å². The van der Waals surface area contributed by atoms with E-state index in [1.54, 1.807) is 6.08 Å². The molecule has 462 valence electrons. The van der Waals surface area contributed by atoms with Gasteiger partial charge in [0.2, 0.25) is 5.91 Å². The van der Waals surface area contributed by atoms with Crippen molar-refractivity contribution in [2.24, 2.45) is 0 Å². The monoisotopic (exact) mass is 1110 g/mol. The number of amides is 1. The van der Waals surface area contributed by atoms with Crippen molar-refractivity contribution in [3.63, 3.8) is 0 Å². The first-order valence-corrected chi connectivity index (χ1v) is 35.1. The maximum absolute atomic E-state index is 12.5. The summed E-state index contributed by atoms with van der Waals surface area (Å²) < 4.78 is 5.49. The molecule has 0 aromatic rings. The van der Waals surface area contributed by atoms with Crippen LogP contribution in [0.4, 0.5) is 0 Å². The zero-order valence-electron chi connectivity index (χ0n) is 52.9. The number of aliphatic hydroxyl groups excluding tert-OH is 2. The molecule has 0 fully saturated rings. The number of rotatable bonds is 65. The normalized spacial score (nSPS) is 12.9. The van der Waals surface area contributed by atoms with E-state index in [4.69, 9.17) is 4.74 Å². The van der Waals surface area contributed by atoms with Crippen LogP contribution in [-0.2, 0) is 14.3 Å². The maximum Gasteiger partial charge on any atom is 0.305 e. The molecule has 0 aromatic carbocycles. The lowest BCUT2D eigenvalue weighted by Gasteiger charge is -2.20. The van der Waals surface area contributed by atoms with Crippen molar-refractivity contribution >= 4 is 11.9 Å². The Labute approximate surface area is 492 Å². The SMILES string of the molecule is CCCCCC/C=C\C/C=C\CCCCCCCCCC(=O)OCCCCCCCCCCC/C=C\C/C=C\CCCCCCCCCC(=O)NC(CO)C(O)/C=C/CCCCCCCCCCCCCCCCCCCCC. The predicted octanol–water partition coefficient (Wildman–Crippen LogP) is 22.6. The van der Waals surface area contributed by atoms with E-state index in [0.717, 1.165) is 70.6 Å². The first-order valence-electron chi connectivity index (χ1n) is 35.1. The molecule has 2 unspecified atom stereocenters. The van der Waals surface area contributed by atoms with Crippen LogP contribution in [0.2, 0.25) is 0 Å². The first-order chi connectivity index (χ1) is 39.0. The highest BCUT2D eigenvalue weighted by atomic mass is 16.5. The zero-order valence-corrected chi connectivity index (χ0v) is 52.9. The molecule has 2 atom stereocenters. The zero-order chi connectivity index (χ0) is 57.1. The molecule has 0 aliphatic heterocycles. The Kier molecular flexibility index (Phi) is 66.0. The largest absolute Gasteiger partial charge is 0.466 e. The van der Waals surface area contributed by atoms with Gasteiger partial charge in [0, 0.05) is 12.8 Å². The summed E-state index contributed by atoms with van der Waals surface area (Å²) in [6.45, 7) is 4.90. The minimum atomic E-state index is -0.854. The number of hydrogen-bond donors (Lipinski definition) is 3. The van der Waals surface area contributed by atoms with Gasteiger partial charge in [-0.1, -0.05) is 319 Å². The molecule has 0 saturated heterocycles. The van der Waals surface area contributed by atoms with E-state index in [1.807, 2.05) is 6.08 Å². The quantitative estimate of drug-likeness (QED) is 0.0320. The summed E-state index contributed by atoms with van der Waals surface area (Å²) in [6, 6.07) is -0.638. The molecule has 6 heteroatoms. The van der Waals surface area contributed by atoms with Gasteiger partial charge in [-0.25, -0.2) is 0 Å². The number of allylic oxidation sites excluding steroid dienone is 9. The van der Waals surface area contributed by atoms with Crippen molar-refractivity contribution in [2.45, 2.75) is 379 Å². The Bertz CT molecular complexity index is 1370. The molecule has 0 bridgehead atoms. The van der Waals surface area contributed by atoms with E-state index in [9.17, 15) is 19.8 Å². The fraction of sp³-hybridized carbons (Fsp3) is 0.836. The molecule has 0 radical (unpaired) electrons. The van der Waals surface area contributed by atoms with Gasteiger partial charge >= 0.3 is 5.97 Å². The lowest BCUT2D eigenvalue weighted by molar-refractivity contribution is -0.143. The molecule has 1 amide bonds. The summed E-state index contributed by atoms with van der Waals surface area (Å²) in [7, 11) is 0. The van der Waals surface area contributed by atoms with Gasteiger partial charge in [-0.3, -0.25) is 9.59 Å². The van der Waals surface area contributed by atoms with E-state index >= 15 is 0 Å². The number of carbonyl (C=O) groups excluding carboxylic acids is 2. The Hall–Kier alpha value is -2.44. The molecule has 0 spiro atoms. The minimum Gasteiger partial charge on any atom is -0.466 e. The Morgan fingerprint density at radius 3 is 0.975 bits per heavy atom. The van der Waals surface area contributed by atoms with Crippen LogP contribution in [0.5, 0.6) is 0 Å². The van der Waals surface area contributed by atoms with Crippen molar-refractivity contribution in [3.8, 4) is 0 Å². The summed E-state index contributed by atoms with van der Waals surface area (Å²) in [6.07, 6.45) is 90.0. The van der Waals surface area contributed by atoms with Crippen LogP contribution in [0.3, 0.4) is 0 Å². The molecule has 0 rings (SSSR count). The summed E-state index contributed by atoms with van der Waals surface area (Å²) in [5.41, 5.74) is 0. The highest BCUT2D eigenvalue weighted by Crippen LogP contribution is 2.17. The van der Waals surface area contributed by atoms with Crippen molar-refractivity contribution in [3.05, 3.63) is 60.8 Å². The van der Waals surface area contributed by atoms with E-state index < -0.39 is 12.1 Å². The lowest BCUT2D eigenvalue weighted by atomic mass is 10.0. The molecule has 6 nitrogen and oxygen atoms in total. The molecule has 0 aliphatic carbocycles. The van der Waals surface area contributed by atoms with Gasteiger partial charge in [-0.05, 0) is 96.3 Å². The molecule has 0 aliphatic rings. The second kappa shape index (κ2) is 68.1. The van der Waals surface area contributed by atoms with Gasteiger partial charge in [0.05, 0.1) is 25.4 Å². The van der Waals surface area contributed by atoms with E-state index in [0.29, 0.717) is 19.4 Å². The second-order valence-corrected chi connectivity index (χ2v) is 23.9. The van der Waals surface area contributed by atoms with Gasteiger partial charge in [-0.2, -0.15) is 0 Å². The maximum atomic E-state index is 12.5. The van der Waals surface area contributed by atoms with Crippen molar-refractivity contribution < 1.29 is 24.5 Å². The van der Waals surface area contributed by atoms with E-state index in [-0.39, 0.29) is 18.5 Å². The summed E-state index contributed by atoms with van der Waals surface area (Å²) in [5.74, 6) is -0.0771. The van der Waals surface area contributed by atoms with Crippen molar-refractivity contribution in [2.75, 3.05) is 13.2 Å². The van der Waals surface area contributed by atoms with E-state index in [1.165, 1.54) is 270 Å². The molecule has 3 N–H and O–H groups in total. The number of aliphatic hydroxyl groups is 2. The average molecular weight is 1110 g/mol. The highest BCUT2D eigenvalue weighted by Gasteiger charge is 2.18. The van der Waals surface area contributed by atoms with E-state index in [2.05, 4.69) is 67.8 Å². The highest BCUT2D eigenvalue weighted by molar-refractivity contribution is 5.76. The third-order valence-electron chi connectivity index (χ3n) is 16.0. The van der Waals surface area contributed by atoms with Crippen LogP contribution in [0.1, 0.15) is 367 Å². The number of hydrogen-bond acceptors (Lipinski definition) is 5. The molecular weight excluding hydrogens is 971 g/mol. The number of esters is 1. The smallest absolute Gasteiger partial charge is 0.305 e. The standard InChI is InChI=1S/C73H135NO5/c1-3-5-7-9-11-13-15-17-19-21-23-27-30-33-37-41-45-49-53-57-61-65-71(76)70(69-75)74-72(77)66-62-58-54-50-46-42-38-34-31-28-25-24-26-29-32-36-40-44-48-52-56-60-64-68-79-73(78)67-63-59-55-51-47-43-39-35-22-20-18-16-14-12-10-8-6-4-2/h14,16,20,22,24,26,28,31,61,65,70-71,75-76H,3-13,15,17-19,21,23,25,27,29-30,32-60,62-64,66-69H2,1-2H3,(H,74,77)/b16-14-,22-20-,26-24-,31-28-,65-61+. The summed E-state index contributed by atoms with van der Waals surface area (Å²) in [4.78, 5) is 24.6. The third-order valence-corrected chi connectivity index (χ3v) is 16.0. The number of unbranched alkanes of at least 4 members (excludes halogenated alkanes) is 46. The summed E-state index contributed by atoms with van der Waals surface area (Å²) >= 11 is 0. The van der Waals surface area contributed by atoms with Gasteiger partial charge in [-0.15, -0.1) is 0 Å². The predicted molar refractivity (Wildman–Crippen MR) is 347 cm³/mol. The van der Waals surface area contributed by atoms with Crippen LogP contribution in [0.25, 0.3) is 0 Å². The van der Waals surface area contributed by atoms with Crippen LogP contribution < -0.4 is 5.32 Å². The Morgan fingerprint density at radius 1 is 0.354 bits per heavy atom. The third kappa shape index (κ3) is 64.6. The van der Waals surface area contributed by atoms with Gasteiger partial charge in [0.15, 0.2) is 0 Å². The fourth-order valence-electron chi connectivity index (χ4n) is 10.6. The molecule has 0 heterocycles. The Morgan fingerprint density at radius 2 is 0.633 bits per heavy atom. The van der Waals surface area contributed by atoms with Gasteiger partial charge in [0.25, 0.3) is 0 Å². The minimum absolute atomic E-state index is 0.000849. The second-order valence-electron chi connectivity index (χ2n) is 23.9. The topological polar surface area (TPSA) is 95.9 Å². The number of carbonyl (C=O) groups is 2. The van der Waals surface area contributed by atoms with Crippen LogP contribution in [0, 0.1) is 0 Å². The fourth-order valence-corrected chi connectivity index (χ4v) is 10.6. The first kappa shape index (κ1) is 76.6. The van der Waals surface area contributed by atoms with Crippen LogP contribution >= 0.6 is 0 Å². The molecule has 0 aromatic heterocycles. The molecular formula is C73H135NO5. The van der Waals surface area contributed by atoms with Crippen molar-refractivity contribution in [1.29, 1.82) is 0 Å².